The average Bonchev–Trinajstić information content (AvgIpc) is 3.26. The number of fused-ring (bicyclic) bond motifs is 1. The predicted octanol–water partition coefficient (Wildman–Crippen LogP) is 4.21. The summed E-state index contributed by atoms with van der Waals surface area (Å²) in [5.74, 6) is 1.20. The van der Waals surface area contributed by atoms with E-state index in [1.807, 2.05) is 13.0 Å². The van der Waals surface area contributed by atoms with E-state index in [9.17, 15) is 4.79 Å². The fourth-order valence-electron chi connectivity index (χ4n) is 4.86. The molecule has 2 saturated heterocycles. The fourth-order valence-corrected chi connectivity index (χ4v) is 6.34. The van der Waals surface area contributed by atoms with E-state index in [2.05, 4.69) is 48.9 Å². The van der Waals surface area contributed by atoms with Gasteiger partial charge in [-0.25, -0.2) is 4.98 Å². The first-order valence-corrected chi connectivity index (χ1v) is 14.4. The first kappa shape index (κ1) is 25.7. The van der Waals surface area contributed by atoms with Crippen molar-refractivity contribution in [2.24, 2.45) is 5.92 Å². The standard InChI is InChI=1S/C25H38BrN5O2S/c1-3-9-29-13-15-30(16-14-29)10-5-8-27-24(32)19-6-11-31(12-7-19)25-28-21-17-20(26)22(33-4-2)18-23(21)34-25/h17-19H,3-16H2,1-2H3,(H,27,32). The third-order valence-corrected chi connectivity index (χ3v) is 8.52. The molecule has 0 radical (unpaired) electrons. The second-order valence-electron chi connectivity index (χ2n) is 9.27. The number of carbonyl (C=O) groups is 1. The number of ether oxygens (including phenoxy) is 1. The van der Waals surface area contributed by atoms with Crippen LogP contribution in [-0.2, 0) is 4.79 Å². The second kappa shape index (κ2) is 12.5. The number of hydrogen-bond donors (Lipinski definition) is 1. The molecule has 9 heteroatoms. The largest absolute Gasteiger partial charge is 0.493 e. The Balaban J connectivity index is 1.18. The molecule has 0 aliphatic carbocycles. The van der Waals surface area contributed by atoms with Gasteiger partial charge in [0.25, 0.3) is 0 Å². The number of carbonyl (C=O) groups excluding carboxylic acids is 1. The summed E-state index contributed by atoms with van der Waals surface area (Å²) in [4.78, 5) is 24.9. The molecular formula is C25H38BrN5O2S. The molecule has 4 rings (SSSR count). The number of amides is 1. The maximum atomic E-state index is 12.7. The highest BCUT2D eigenvalue weighted by molar-refractivity contribution is 9.10. The van der Waals surface area contributed by atoms with E-state index in [0.717, 1.165) is 84.1 Å². The van der Waals surface area contributed by atoms with Crippen molar-refractivity contribution in [2.75, 3.05) is 70.4 Å². The van der Waals surface area contributed by atoms with Crippen LogP contribution in [0.1, 0.15) is 39.5 Å². The van der Waals surface area contributed by atoms with E-state index in [4.69, 9.17) is 9.72 Å². The van der Waals surface area contributed by atoms with Crippen LogP contribution in [0.2, 0.25) is 0 Å². The van der Waals surface area contributed by atoms with Crippen LogP contribution in [0.5, 0.6) is 5.75 Å². The van der Waals surface area contributed by atoms with E-state index in [1.165, 1.54) is 26.1 Å². The summed E-state index contributed by atoms with van der Waals surface area (Å²) >= 11 is 5.28. The fraction of sp³-hybridized carbons (Fsp3) is 0.680. The number of anilines is 1. The SMILES string of the molecule is CCCN1CCN(CCCNC(=O)C2CCN(c3nc4cc(Br)c(OCC)cc4s3)CC2)CC1. The number of thiazole rings is 1. The smallest absolute Gasteiger partial charge is 0.223 e. The third-order valence-electron chi connectivity index (χ3n) is 6.82. The number of hydrogen-bond acceptors (Lipinski definition) is 7. The quantitative estimate of drug-likeness (QED) is 0.446. The molecule has 1 amide bonds. The average molecular weight is 553 g/mol. The van der Waals surface area contributed by atoms with Crippen LogP contribution in [0, 0.1) is 5.92 Å². The number of piperidine rings is 1. The van der Waals surface area contributed by atoms with Gasteiger partial charge in [0.2, 0.25) is 5.91 Å². The molecule has 0 saturated carbocycles. The van der Waals surface area contributed by atoms with Crippen molar-refractivity contribution in [2.45, 2.75) is 39.5 Å². The van der Waals surface area contributed by atoms with Gasteiger partial charge in [0.05, 0.1) is 21.3 Å². The normalized spacial score (nSPS) is 18.5. The van der Waals surface area contributed by atoms with Gasteiger partial charge < -0.3 is 24.8 Å². The zero-order valence-electron chi connectivity index (χ0n) is 20.5. The number of piperazine rings is 1. The summed E-state index contributed by atoms with van der Waals surface area (Å²) in [6, 6.07) is 4.10. The number of nitrogens with one attached hydrogen (secondary N) is 1. The Bertz CT molecular complexity index is 939. The molecule has 1 aromatic heterocycles. The zero-order valence-corrected chi connectivity index (χ0v) is 22.9. The van der Waals surface area contributed by atoms with E-state index >= 15 is 0 Å². The van der Waals surface area contributed by atoms with Gasteiger partial charge in [-0.05, 0) is 67.7 Å². The molecule has 0 bridgehead atoms. The summed E-state index contributed by atoms with van der Waals surface area (Å²) in [7, 11) is 0. The highest BCUT2D eigenvalue weighted by Crippen LogP contribution is 2.37. The highest BCUT2D eigenvalue weighted by Gasteiger charge is 2.26. The number of aromatic nitrogens is 1. The van der Waals surface area contributed by atoms with E-state index in [-0.39, 0.29) is 11.8 Å². The van der Waals surface area contributed by atoms with E-state index in [0.29, 0.717) is 6.61 Å². The Morgan fingerprint density at radius 2 is 1.82 bits per heavy atom. The van der Waals surface area contributed by atoms with Crippen molar-refractivity contribution in [1.82, 2.24) is 20.1 Å². The lowest BCUT2D eigenvalue weighted by Gasteiger charge is -2.34. The van der Waals surface area contributed by atoms with Crippen LogP contribution in [0.15, 0.2) is 16.6 Å². The van der Waals surface area contributed by atoms with Crippen LogP contribution in [0.25, 0.3) is 10.2 Å². The summed E-state index contributed by atoms with van der Waals surface area (Å²) in [6.45, 7) is 14.4. The molecule has 0 unspecified atom stereocenters. The summed E-state index contributed by atoms with van der Waals surface area (Å²) < 4.78 is 7.77. The van der Waals surface area contributed by atoms with Crippen LogP contribution in [-0.4, -0.2) is 86.2 Å². The molecule has 0 atom stereocenters. The zero-order chi connectivity index (χ0) is 23.9. The Morgan fingerprint density at radius 3 is 2.50 bits per heavy atom. The highest BCUT2D eigenvalue weighted by atomic mass is 79.9. The molecular weight excluding hydrogens is 514 g/mol. The first-order valence-electron chi connectivity index (χ1n) is 12.8. The molecule has 7 nitrogen and oxygen atoms in total. The first-order chi connectivity index (χ1) is 16.6. The number of benzene rings is 1. The third kappa shape index (κ3) is 6.62. The molecule has 0 spiro atoms. The molecule has 1 aromatic carbocycles. The molecule has 188 valence electrons. The summed E-state index contributed by atoms with van der Waals surface area (Å²) in [5, 5.41) is 4.23. The van der Waals surface area contributed by atoms with Crippen molar-refractivity contribution in [1.29, 1.82) is 0 Å². The number of rotatable bonds is 10. The minimum absolute atomic E-state index is 0.113. The van der Waals surface area contributed by atoms with Gasteiger partial charge in [0.15, 0.2) is 5.13 Å². The minimum Gasteiger partial charge on any atom is -0.493 e. The van der Waals surface area contributed by atoms with E-state index in [1.54, 1.807) is 11.3 Å². The van der Waals surface area contributed by atoms with Gasteiger partial charge in [0.1, 0.15) is 5.75 Å². The van der Waals surface area contributed by atoms with Crippen molar-refractivity contribution in [3.05, 3.63) is 16.6 Å². The minimum atomic E-state index is 0.113. The maximum Gasteiger partial charge on any atom is 0.223 e. The molecule has 34 heavy (non-hydrogen) atoms. The second-order valence-corrected chi connectivity index (χ2v) is 11.1. The molecule has 2 aliphatic rings. The van der Waals surface area contributed by atoms with Gasteiger partial charge in [0, 0.05) is 57.8 Å². The van der Waals surface area contributed by atoms with Crippen LogP contribution < -0.4 is 15.0 Å². The Morgan fingerprint density at radius 1 is 1.12 bits per heavy atom. The lowest BCUT2D eigenvalue weighted by molar-refractivity contribution is -0.125. The van der Waals surface area contributed by atoms with Gasteiger partial charge in [-0.15, -0.1) is 0 Å². The van der Waals surface area contributed by atoms with Crippen molar-refractivity contribution in [3.8, 4) is 5.75 Å². The Kier molecular flexibility index (Phi) is 9.45. The summed E-state index contributed by atoms with van der Waals surface area (Å²) in [5.41, 5.74) is 0.988. The monoisotopic (exact) mass is 551 g/mol. The molecule has 2 aromatic rings. The van der Waals surface area contributed by atoms with Gasteiger partial charge in [-0.2, -0.15) is 0 Å². The van der Waals surface area contributed by atoms with Gasteiger partial charge in [-0.1, -0.05) is 18.3 Å². The van der Waals surface area contributed by atoms with Crippen molar-refractivity contribution < 1.29 is 9.53 Å². The topological polar surface area (TPSA) is 60.9 Å². The molecule has 2 fully saturated rings. The maximum absolute atomic E-state index is 12.7. The lowest BCUT2D eigenvalue weighted by Crippen LogP contribution is -2.47. The number of nitrogens with zero attached hydrogens (tertiary/aromatic N) is 4. The Hall–Kier alpha value is -1.42. The predicted molar refractivity (Wildman–Crippen MR) is 144 cm³/mol. The van der Waals surface area contributed by atoms with Gasteiger partial charge in [-0.3, -0.25) is 4.79 Å². The molecule has 3 heterocycles. The Labute approximate surface area is 216 Å². The molecule has 2 aliphatic heterocycles. The van der Waals surface area contributed by atoms with Crippen molar-refractivity contribution >= 4 is 48.5 Å². The van der Waals surface area contributed by atoms with Crippen LogP contribution in [0.3, 0.4) is 0 Å². The molecule has 1 N–H and O–H groups in total. The summed E-state index contributed by atoms with van der Waals surface area (Å²) in [6.07, 6.45) is 4.03. The van der Waals surface area contributed by atoms with Crippen LogP contribution in [0.4, 0.5) is 5.13 Å². The van der Waals surface area contributed by atoms with E-state index < -0.39 is 0 Å². The van der Waals surface area contributed by atoms with Gasteiger partial charge >= 0.3 is 0 Å². The van der Waals surface area contributed by atoms with Crippen LogP contribution >= 0.6 is 27.3 Å². The number of halogens is 1. The lowest BCUT2D eigenvalue weighted by atomic mass is 9.96. The van der Waals surface area contributed by atoms with Crippen molar-refractivity contribution in [3.63, 3.8) is 0 Å².